The van der Waals surface area contributed by atoms with E-state index in [1.807, 2.05) is 0 Å². The van der Waals surface area contributed by atoms with Gasteiger partial charge in [-0.05, 0) is 67.8 Å². The lowest BCUT2D eigenvalue weighted by molar-refractivity contribution is 0.574. The van der Waals surface area contributed by atoms with Crippen LogP contribution in [0.1, 0.15) is 18.4 Å². The summed E-state index contributed by atoms with van der Waals surface area (Å²) in [6.45, 7) is 2.00. The maximum absolute atomic E-state index is 13.0. The largest absolute Gasteiger partial charge is 0.280 e. The van der Waals surface area contributed by atoms with Gasteiger partial charge in [0.25, 0.3) is 10.0 Å². The second-order valence-corrected chi connectivity index (χ2v) is 9.82. The molecule has 3 rings (SSSR count). The maximum atomic E-state index is 13.0. The standard InChI is InChI=1S/C17H19FN2O4S2/c1-13-12-16(20-10-2-3-11-25(20,21)22)8-9-17(13)26(23,24)19-15-6-4-14(18)5-7-15/h4-9,12,19H,2-3,10-11H2,1H3. The number of sulfonamides is 2. The van der Waals surface area contributed by atoms with Crippen LogP contribution in [0.25, 0.3) is 0 Å². The van der Waals surface area contributed by atoms with Crippen LogP contribution >= 0.6 is 0 Å². The minimum absolute atomic E-state index is 0.0417. The molecule has 1 fully saturated rings. The van der Waals surface area contributed by atoms with Gasteiger partial charge in [-0.2, -0.15) is 0 Å². The topological polar surface area (TPSA) is 83.6 Å². The van der Waals surface area contributed by atoms with E-state index in [9.17, 15) is 21.2 Å². The van der Waals surface area contributed by atoms with Gasteiger partial charge in [0.05, 0.1) is 16.3 Å². The molecule has 1 saturated heterocycles. The molecule has 26 heavy (non-hydrogen) atoms. The highest BCUT2D eigenvalue weighted by Crippen LogP contribution is 2.28. The van der Waals surface area contributed by atoms with Crippen molar-refractivity contribution in [1.29, 1.82) is 0 Å². The number of nitrogens with one attached hydrogen (secondary N) is 1. The first-order valence-corrected chi connectivity index (χ1v) is 11.2. The first kappa shape index (κ1) is 18.7. The first-order valence-electron chi connectivity index (χ1n) is 8.08. The average Bonchev–Trinajstić information content (AvgIpc) is 2.56. The molecule has 1 N–H and O–H groups in total. The Morgan fingerprint density at radius 3 is 2.38 bits per heavy atom. The van der Waals surface area contributed by atoms with Crippen molar-refractivity contribution in [3.05, 3.63) is 53.8 Å². The third kappa shape index (κ3) is 3.83. The third-order valence-corrected chi connectivity index (χ3v) is 7.59. The molecule has 0 spiro atoms. The molecular weight excluding hydrogens is 379 g/mol. The van der Waals surface area contributed by atoms with E-state index in [-0.39, 0.29) is 16.3 Å². The van der Waals surface area contributed by atoms with Crippen molar-refractivity contribution in [3.63, 3.8) is 0 Å². The van der Waals surface area contributed by atoms with Crippen molar-refractivity contribution in [3.8, 4) is 0 Å². The minimum atomic E-state index is -3.87. The average molecular weight is 398 g/mol. The van der Waals surface area contributed by atoms with E-state index < -0.39 is 25.9 Å². The number of rotatable bonds is 4. The van der Waals surface area contributed by atoms with E-state index in [4.69, 9.17) is 0 Å². The van der Waals surface area contributed by atoms with Crippen LogP contribution in [0.15, 0.2) is 47.4 Å². The number of hydrogen-bond donors (Lipinski definition) is 1. The predicted octanol–water partition coefficient (Wildman–Crippen LogP) is 2.86. The second kappa shape index (κ2) is 6.88. The second-order valence-electron chi connectivity index (χ2n) is 6.16. The van der Waals surface area contributed by atoms with E-state index in [1.54, 1.807) is 13.0 Å². The van der Waals surface area contributed by atoms with Crippen molar-refractivity contribution in [1.82, 2.24) is 0 Å². The van der Waals surface area contributed by atoms with E-state index >= 15 is 0 Å². The van der Waals surface area contributed by atoms with Crippen LogP contribution in [0.3, 0.4) is 0 Å². The number of benzene rings is 2. The van der Waals surface area contributed by atoms with Gasteiger partial charge in [-0.25, -0.2) is 21.2 Å². The zero-order valence-corrected chi connectivity index (χ0v) is 15.8. The fraction of sp³-hybridized carbons (Fsp3) is 0.294. The molecule has 140 valence electrons. The Kier molecular flexibility index (Phi) is 4.94. The zero-order valence-electron chi connectivity index (χ0n) is 14.1. The number of anilines is 2. The van der Waals surface area contributed by atoms with E-state index in [0.29, 0.717) is 24.2 Å². The van der Waals surface area contributed by atoms with Gasteiger partial charge in [0.1, 0.15) is 5.82 Å². The fourth-order valence-electron chi connectivity index (χ4n) is 2.90. The summed E-state index contributed by atoms with van der Waals surface area (Å²) in [6, 6.07) is 9.43. The summed E-state index contributed by atoms with van der Waals surface area (Å²) in [5, 5.41) is 0. The fourth-order valence-corrected chi connectivity index (χ4v) is 5.81. The number of nitrogens with zero attached hydrogens (tertiary/aromatic N) is 1. The Hall–Kier alpha value is -2.13. The highest BCUT2D eigenvalue weighted by molar-refractivity contribution is 7.93. The molecule has 0 atom stereocenters. The molecule has 0 amide bonds. The molecule has 6 nitrogen and oxygen atoms in total. The molecule has 1 heterocycles. The lowest BCUT2D eigenvalue weighted by Gasteiger charge is -2.28. The van der Waals surface area contributed by atoms with Crippen molar-refractivity contribution >= 4 is 31.4 Å². The van der Waals surface area contributed by atoms with Crippen LogP contribution in [0, 0.1) is 12.7 Å². The van der Waals surface area contributed by atoms with Crippen LogP contribution in [0.4, 0.5) is 15.8 Å². The summed E-state index contributed by atoms with van der Waals surface area (Å²) in [5.41, 5.74) is 1.13. The quantitative estimate of drug-likeness (QED) is 0.858. The smallest absolute Gasteiger partial charge is 0.262 e. The Bertz CT molecular complexity index is 1020. The van der Waals surface area contributed by atoms with Gasteiger partial charge in [0.15, 0.2) is 0 Å². The molecule has 0 bridgehead atoms. The SMILES string of the molecule is Cc1cc(N2CCCCS2(=O)=O)ccc1S(=O)(=O)Nc1ccc(F)cc1. The molecule has 2 aromatic carbocycles. The molecule has 1 aliphatic heterocycles. The first-order chi connectivity index (χ1) is 12.2. The number of aryl methyl sites for hydroxylation is 1. The van der Waals surface area contributed by atoms with Gasteiger partial charge < -0.3 is 0 Å². The molecule has 0 aliphatic carbocycles. The van der Waals surface area contributed by atoms with Crippen molar-refractivity contribution in [2.45, 2.75) is 24.7 Å². The van der Waals surface area contributed by atoms with Crippen molar-refractivity contribution in [2.75, 3.05) is 21.3 Å². The highest BCUT2D eigenvalue weighted by atomic mass is 32.2. The lowest BCUT2D eigenvalue weighted by atomic mass is 10.2. The third-order valence-electron chi connectivity index (χ3n) is 4.18. The zero-order chi connectivity index (χ0) is 18.9. The van der Waals surface area contributed by atoms with Gasteiger partial charge in [-0.1, -0.05) is 0 Å². The Morgan fingerprint density at radius 2 is 1.77 bits per heavy atom. The molecular formula is C17H19FN2O4S2. The van der Waals surface area contributed by atoms with Gasteiger partial charge in [-0.3, -0.25) is 9.03 Å². The van der Waals surface area contributed by atoms with Crippen LogP contribution in [-0.4, -0.2) is 29.1 Å². The molecule has 0 saturated carbocycles. The van der Waals surface area contributed by atoms with E-state index in [0.717, 1.165) is 18.6 Å². The van der Waals surface area contributed by atoms with Gasteiger partial charge in [0, 0.05) is 12.2 Å². The molecule has 2 aromatic rings. The van der Waals surface area contributed by atoms with Crippen LogP contribution in [0.2, 0.25) is 0 Å². The van der Waals surface area contributed by atoms with Crippen molar-refractivity contribution < 1.29 is 21.2 Å². The van der Waals surface area contributed by atoms with Crippen LogP contribution < -0.4 is 9.03 Å². The van der Waals surface area contributed by atoms with Gasteiger partial charge in [0.2, 0.25) is 10.0 Å². The maximum Gasteiger partial charge on any atom is 0.262 e. The number of hydrogen-bond acceptors (Lipinski definition) is 4. The molecule has 0 radical (unpaired) electrons. The highest BCUT2D eigenvalue weighted by Gasteiger charge is 2.27. The normalized spacial score (nSPS) is 17.1. The van der Waals surface area contributed by atoms with Gasteiger partial charge >= 0.3 is 0 Å². The molecule has 9 heteroatoms. The summed E-state index contributed by atoms with van der Waals surface area (Å²) in [4.78, 5) is 0.0417. The van der Waals surface area contributed by atoms with Gasteiger partial charge in [-0.15, -0.1) is 0 Å². The molecule has 1 aliphatic rings. The Morgan fingerprint density at radius 1 is 1.08 bits per heavy atom. The lowest BCUT2D eigenvalue weighted by Crippen LogP contribution is -2.37. The Balaban J connectivity index is 1.90. The summed E-state index contributed by atoms with van der Waals surface area (Å²) in [6.07, 6.45) is 1.40. The van der Waals surface area contributed by atoms with Crippen LogP contribution in [-0.2, 0) is 20.0 Å². The summed E-state index contributed by atoms with van der Waals surface area (Å²) >= 11 is 0. The Labute approximate surface area is 152 Å². The summed E-state index contributed by atoms with van der Waals surface area (Å²) in [7, 11) is -7.24. The summed E-state index contributed by atoms with van der Waals surface area (Å²) in [5.74, 6) is -0.366. The number of halogens is 1. The van der Waals surface area contributed by atoms with E-state index in [1.165, 1.54) is 28.6 Å². The van der Waals surface area contributed by atoms with Crippen molar-refractivity contribution in [2.24, 2.45) is 0 Å². The van der Waals surface area contributed by atoms with Crippen LogP contribution in [0.5, 0.6) is 0 Å². The summed E-state index contributed by atoms with van der Waals surface area (Å²) < 4.78 is 66.3. The van der Waals surface area contributed by atoms with E-state index in [2.05, 4.69) is 4.72 Å². The monoisotopic (exact) mass is 398 g/mol. The minimum Gasteiger partial charge on any atom is -0.280 e. The molecule has 0 aromatic heterocycles. The molecule has 0 unspecified atom stereocenters. The predicted molar refractivity (Wildman–Crippen MR) is 98.8 cm³/mol.